The Morgan fingerprint density at radius 2 is 1.95 bits per heavy atom. The number of anilines is 1. The molecule has 0 fully saturated rings. The fourth-order valence-corrected chi connectivity index (χ4v) is 2.04. The Morgan fingerprint density at radius 1 is 1.29 bits per heavy atom. The zero-order valence-electron chi connectivity index (χ0n) is 11.1. The average Bonchev–Trinajstić information content (AvgIpc) is 2.48. The van der Waals surface area contributed by atoms with Crippen LogP contribution in [-0.4, -0.2) is 18.2 Å². The van der Waals surface area contributed by atoms with Gasteiger partial charge >= 0.3 is 5.97 Å². The second-order valence-corrected chi connectivity index (χ2v) is 4.75. The van der Waals surface area contributed by atoms with E-state index in [0.29, 0.717) is 11.4 Å². The Hall–Kier alpha value is -2.27. The molecule has 0 bridgehead atoms. The van der Waals surface area contributed by atoms with Gasteiger partial charge in [-0.15, -0.1) is 0 Å². The topological polar surface area (TPSA) is 58.6 Å². The van der Waals surface area contributed by atoms with Crippen molar-refractivity contribution in [3.63, 3.8) is 0 Å². The number of rotatable bonds is 5. The molecule has 0 saturated heterocycles. The number of carboxylic acid groups (broad SMARTS) is 1. The SMILES string of the molecule is COc1ccc(NC(C(=O)O)c2cc(Cl)ccc2F)cc1. The molecule has 2 aromatic carbocycles. The Morgan fingerprint density at radius 3 is 2.52 bits per heavy atom. The van der Waals surface area contributed by atoms with E-state index in [9.17, 15) is 14.3 Å². The smallest absolute Gasteiger partial charge is 0.330 e. The van der Waals surface area contributed by atoms with Crippen molar-refractivity contribution in [2.45, 2.75) is 6.04 Å². The molecule has 1 atom stereocenters. The first-order valence-corrected chi connectivity index (χ1v) is 6.47. The molecule has 110 valence electrons. The van der Waals surface area contributed by atoms with Crippen LogP contribution in [0, 0.1) is 5.82 Å². The molecule has 0 saturated carbocycles. The standard InChI is InChI=1S/C15H13ClFNO3/c1-21-11-5-3-10(4-6-11)18-14(15(19)20)12-8-9(16)2-7-13(12)17/h2-8,14,18H,1H3,(H,19,20). The zero-order valence-corrected chi connectivity index (χ0v) is 11.9. The lowest BCUT2D eigenvalue weighted by Gasteiger charge is -2.17. The second-order valence-electron chi connectivity index (χ2n) is 4.31. The van der Waals surface area contributed by atoms with Crippen LogP contribution in [0.3, 0.4) is 0 Å². The molecule has 21 heavy (non-hydrogen) atoms. The summed E-state index contributed by atoms with van der Waals surface area (Å²) in [5.41, 5.74) is 0.508. The van der Waals surface area contributed by atoms with Crippen LogP contribution < -0.4 is 10.1 Å². The van der Waals surface area contributed by atoms with E-state index in [0.717, 1.165) is 6.07 Å². The first-order valence-electron chi connectivity index (χ1n) is 6.09. The number of halogens is 2. The molecule has 0 aliphatic carbocycles. The van der Waals surface area contributed by atoms with E-state index < -0.39 is 17.8 Å². The molecular formula is C15H13ClFNO3. The third-order valence-electron chi connectivity index (χ3n) is 2.92. The van der Waals surface area contributed by atoms with Crippen LogP contribution in [-0.2, 0) is 4.79 Å². The molecule has 0 aliphatic rings. The highest BCUT2D eigenvalue weighted by Gasteiger charge is 2.23. The molecule has 0 aromatic heterocycles. The van der Waals surface area contributed by atoms with Gasteiger partial charge in [0.15, 0.2) is 6.04 Å². The van der Waals surface area contributed by atoms with Crippen molar-refractivity contribution in [3.8, 4) is 5.75 Å². The van der Waals surface area contributed by atoms with Gasteiger partial charge in [-0.25, -0.2) is 9.18 Å². The molecule has 0 spiro atoms. The first-order chi connectivity index (χ1) is 10.0. The van der Waals surface area contributed by atoms with E-state index in [-0.39, 0.29) is 10.6 Å². The molecule has 1 unspecified atom stereocenters. The fraction of sp³-hybridized carbons (Fsp3) is 0.133. The van der Waals surface area contributed by atoms with E-state index in [1.807, 2.05) is 0 Å². The van der Waals surface area contributed by atoms with Gasteiger partial charge in [-0.1, -0.05) is 11.6 Å². The van der Waals surface area contributed by atoms with Crippen LogP contribution in [0.5, 0.6) is 5.75 Å². The number of hydrogen-bond donors (Lipinski definition) is 2. The summed E-state index contributed by atoms with van der Waals surface area (Å²) in [4.78, 5) is 11.4. The number of aliphatic carboxylic acids is 1. The normalized spacial score (nSPS) is 11.8. The van der Waals surface area contributed by atoms with Gasteiger partial charge in [0.05, 0.1) is 7.11 Å². The summed E-state index contributed by atoms with van der Waals surface area (Å²) >= 11 is 5.80. The Bertz CT molecular complexity index is 646. The van der Waals surface area contributed by atoms with Crippen LogP contribution in [0.2, 0.25) is 5.02 Å². The van der Waals surface area contributed by atoms with Crippen molar-refractivity contribution in [1.29, 1.82) is 0 Å². The quantitative estimate of drug-likeness (QED) is 0.883. The maximum Gasteiger partial charge on any atom is 0.330 e. The van der Waals surface area contributed by atoms with Gasteiger partial charge in [0.2, 0.25) is 0 Å². The molecule has 0 heterocycles. The second kappa shape index (κ2) is 6.45. The highest BCUT2D eigenvalue weighted by atomic mass is 35.5. The van der Waals surface area contributed by atoms with Crippen LogP contribution in [0.1, 0.15) is 11.6 Å². The van der Waals surface area contributed by atoms with Crippen molar-refractivity contribution >= 4 is 23.3 Å². The number of nitrogens with one attached hydrogen (secondary N) is 1. The number of benzene rings is 2. The van der Waals surface area contributed by atoms with Gasteiger partial charge < -0.3 is 15.2 Å². The largest absolute Gasteiger partial charge is 0.497 e. The predicted molar refractivity (Wildman–Crippen MR) is 78.4 cm³/mol. The molecule has 2 N–H and O–H groups in total. The molecule has 0 amide bonds. The minimum absolute atomic E-state index is 0.0224. The highest BCUT2D eigenvalue weighted by Crippen LogP contribution is 2.26. The van der Waals surface area contributed by atoms with Crippen LogP contribution in [0.25, 0.3) is 0 Å². The van der Waals surface area contributed by atoms with Crippen molar-refractivity contribution in [3.05, 3.63) is 58.9 Å². The van der Waals surface area contributed by atoms with Crippen molar-refractivity contribution in [2.24, 2.45) is 0 Å². The number of ether oxygens (including phenoxy) is 1. The Kier molecular flexibility index (Phi) is 4.65. The van der Waals surface area contributed by atoms with Crippen molar-refractivity contribution < 1.29 is 19.0 Å². The minimum atomic E-state index is -1.24. The summed E-state index contributed by atoms with van der Waals surface area (Å²) in [6.45, 7) is 0. The molecule has 0 radical (unpaired) electrons. The molecule has 0 aliphatic heterocycles. The molecule has 6 heteroatoms. The van der Waals surface area contributed by atoms with Gasteiger partial charge in [0.1, 0.15) is 11.6 Å². The van der Waals surface area contributed by atoms with E-state index in [2.05, 4.69) is 5.32 Å². The van der Waals surface area contributed by atoms with Gasteiger partial charge in [0, 0.05) is 16.3 Å². The number of hydrogen-bond acceptors (Lipinski definition) is 3. The lowest BCUT2D eigenvalue weighted by atomic mass is 10.1. The maximum atomic E-state index is 13.8. The minimum Gasteiger partial charge on any atom is -0.497 e. The number of carboxylic acids is 1. The van der Waals surface area contributed by atoms with Gasteiger partial charge in [-0.05, 0) is 42.5 Å². The molecular weight excluding hydrogens is 297 g/mol. The monoisotopic (exact) mass is 309 g/mol. The van der Waals surface area contributed by atoms with E-state index in [1.54, 1.807) is 24.3 Å². The predicted octanol–water partition coefficient (Wildman–Crippen LogP) is 3.73. The van der Waals surface area contributed by atoms with Crippen LogP contribution in [0.15, 0.2) is 42.5 Å². The molecule has 4 nitrogen and oxygen atoms in total. The van der Waals surface area contributed by atoms with Crippen LogP contribution >= 0.6 is 11.6 Å². The molecule has 2 aromatic rings. The Labute approximate surface area is 126 Å². The summed E-state index contributed by atoms with van der Waals surface area (Å²) in [5.74, 6) is -1.19. The van der Waals surface area contributed by atoms with Gasteiger partial charge in [-0.3, -0.25) is 0 Å². The third kappa shape index (κ3) is 3.64. The number of methoxy groups -OCH3 is 1. The highest BCUT2D eigenvalue weighted by molar-refractivity contribution is 6.30. The summed E-state index contributed by atoms with van der Waals surface area (Å²) < 4.78 is 18.8. The Balaban J connectivity index is 2.30. The van der Waals surface area contributed by atoms with Crippen LogP contribution in [0.4, 0.5) is 10.1 Å². The first kappa shape index (κ1) is 15.1. The fourth-order valence-electron chi connectivity index (χ4n) is 1.86. The summed E-state index contributed by atoms with van der Waals surface area (Å²) in [7, 11) is 1.53. The zero-order chi connectivity index (χ0) is 15.4. The van der Waals surface area contributed by atoms with Crippen molar-refractivity contribution in [2.75, 3.05) is 12.4 Å². The van der Waals surface area contributed by atoms with E-state index in [1.165, 1.54) is 19.2 Å². The van der Waals surface area contributed by atoms with E-state index >= 15 is 0 Å². The van der Waals surface area contributed by atoms with E-state index in [4.69, 9.17) is 16.3 Å². The summed E-state index contributed by atoms with van der Waals surface area (Å²) in [5, 5.41) is 12.3. The lowest BCUT2D eigenvalue weighted by Crippen LogP contribution is -2.21. The molecule has 2 rings (SSSR count). The summed E-state index contributed by atoms with van der Waals surface area (Å²) in [6, 6.07) is 9.22. The summed E-state index contributed by atoms with van der Waals surface area (Å²) in [6.07, 6.45) is 0. The van der Waals surface area contributed by atoms with Crippen molar-refractivity contribution in [1.82, 2.24) is 0 Å². The average molecular weight is 310 g/mol. The van der Waals surface area contributed by atoms with Gasteiger partial charge in [-0.2, -0.15) is 0 Å². The third-order valence-corrected chi connectivity index (χ3v) is 3.15. The van der Waals surface area contributed by atoms with Gasteiger partial charge in [0.25, 0.3) is 0 Å². The number of carbonyl (C=O) groups is 1. The maximum absolute atomic E-state index is 13.8. The lowest BCUT2D eigenvalue weighted by molar-refractivity contribution is -0.138.